The summed E-state index contributed by atoms with van der Waals surface area (Å²) in [6, 6.07) is 3.21. The minimum absolute atomic E-state index is 0.0818. The maximum atomic E-state index is 10.8. The molecule has 78 valence electrons. The van der Waals surface area contributed by atoms with Crippen LogP contribution in [0.5, 0.6) is 0 Å². The first-order valence-corrected chi connectivity index (χ1v) is 5.91. The van der Waals surface area contributed by atoms with Gasteiger partial charge in [-0.1, -0.05) is 15.9 Å². The van der Waals surface area contributed by atoms with Gasteiger partial charge in [0.25, 0.3) is 5.69 Å². The molecule has 2 rings (SSSR count). The quantitative estimate of drug-likeness (QED) is 0.521. The van der Waals surface area contributed by atoms with Gasteiger partial charge in [0.15, 0.2) is 0 Å². The molecule has 15 heavy (non-hydrogen) atoms. The highest BCUT2D eigenvalue weighted by molar-refractivity contribution is 9.10. The molecule has 1 aromatic heterocycles. The number of rotatable bonds is 2. The van der Waals surface area contributed by atoms with Gasteiger partial charge in [-0.2, -0.15) is 5.10 Å². The first-order chi connectivity index (χ1) is 7.13. The smallest absolute Gasteiger partial charge is 0.270 e. The zero-order valence-electron chi connectivity index (χ0n) is 7.33. The van der Waals surface area contributed by atoms with Crippen LogP contribution >= 0.6 is 31.9 Å². The van der Waals surface area contributed by atoms with E-state index in [9.17, 15) is 10.1 Å². The number of nitrogens with one attached hydrogen (secondary N) is 1. The van der Waals surface area contributed by atoms with Crippen molar-refractivity contribution in [2.45, 2.75) is 5.33 Å². The minimum atomic E-state index is -0.404. The topological polar surface area (TPSA) is 71.8 Å². The number of aromatic amines is 1. The van der Waals surface area contributed by atoms with Crippen molar-refractivity contribution in [2.75, 3.05) is 0 Å². The Morgan fingerprint density at radius 1 is 1.53 bits per heavy atom. The molecule has 0 fully saturated rings. The number of H-pyrrole nitrogens is 1. The van der Waals surface area contributed by atoms with E-state index in [-0.39, 0.29) is 5.69 Å². The minimum Gasteiger partial charge on any atom is -0.270 e. The van der Waals surface area contributed by atoms with Crippen molar-refractivity contribution in [2.24, 2.45) is 0 Å². The van der Waals surface area contributed by atoms with Crippen LogP contribution < -0.4 is 0 Å². The standard InChI is InChI=1S/C8H5Br2N3O2/c9-3-4-1-5-6(11-12-8(5)10)2-7(4)13(14)15/h1-2H,3H2,(H,11,12). The maximum absolute atomic E-state index is 10.8. The Morgan fingerprint density at radius 3 is 2.87 bits per heavy atom. The van der Waals surface area contributed by atoms with Gasteiger partial charge < -0.3 is 0 Å². The second-order valence-corrected chi connectivity index (χ2v) is 4.28. The summed E-state index contributed by atoms with van der Waals surface area (Å²) in [5, 5.41) is 18.7. The monoisotopic (exact) mass is 333 g/mol. The average molecular weight is 335 g/mol. The van der Waals surface area contributed by atoms with Gasteiger partial charge in [0.2, 0.25) is 0 Å². The number of nitrogens with zero attached hydrogens (tertiary/aromatic N) is 2. The van der Waals surface area contributed by atoms with Gasteiger partial charge in [0, 0.05) is 22.3 Å². The van der Waals surface area contributed by atoms with Crippen LogP contribution in [-0.2, 0) is 5.33 Å². The van der Waals surface area contributed by atoms with Crippen molar-refractivity contribution >= 4 is 48.5 Å². The Morgan fingerprint density at radius 2 is 2.27 bits per heavy atom. The highest BCUT2D eigenvalue weighted by Gasteiger charge is 2.16. The molecule has 0 bridgehead atoms. The molecular weight excluding hydrogens is 330 g/mol. The number of benzene rings is 1. The summed E-state index contributed by atoms with van der Waals surface area (Å²) < 4.78 is 0.731. The molecule has 2 aromatic rings. The first-order valence-electron chi connectivity index (χ1n) is 4.00. The lowest BCUT2D eigenvalue weighted by Gasteiger charge is -1.98. The SMILES string of the molecule is O=[N+]([O-])c1cc2n[nH]c(Br)c2cc1CBr. The zero-order valence-corrected chi connectivity index (χ0v) is 10.5. The third-order valence-corrected chi connectivity index (χ3v) is 3.26. The molecule has 0 aliphatic carbocycles. The number of hydrogen-bond donors (Lipinski definition) is 1. The van der Waals surface area contributed by atoms with Gasteiger partial charge in [-0.25, -0.2) is 0 Å². The molecule has 0 aliphatic heterocycles. The fourth-order valence-electron chi connectivity index (χ4n) is 1.34. The zero-order chi connectivity index (χ0) is 11.0. The normalized spacial score (nSPS) is 10.8. The van der Waals surface area contributed by atoms with E-state index in [1.165, 1.54) is 6.07 Å². The fraction of sp³-hybridized carbons (Fsp3) is 0.125. The molecule has 0 amide bonds. The van der Waals surface area contributed by atoms with E-state index >= 15 is 0 Å². The Hall–Kier alpha value is -0.950. The number of fused-ring (bicyclic) bond motifs is 1. The van der Waals surface area contributed by atoms with Gasteiger partial charge in [0.1, 0.15) is 10.1 Å². The summed E-state index contributed by atoms with van der Waals surface area (Å²) in [5.41, 5.74) is 1.30. The van der Waals surface area contributed by atoms with Crippen molar-refractivity contribution in [1.82, 2.24) is 10.2 Å². The van der Waals surface area contributed by atoms with Crippen molar-refractivity contribution < 1.29 is 4.92 Å². The van der Waals surface area contributed by atoms with E-state index in [1.807, 2.05) is 0 Å². The van der Waals surface area contributed by atoms with Gasteiger partial charge in [0.05, 0.1) is 4.92 Å². The van der Waals surface area contributed by atoms with Crippen LogP contribution in [0.1, 0.15) is 5.56 Å². The van der Waals surface area contributed by atoms with Crippen LogP contribution in [0.25, 0.3) is 10.9 Å². The van der Waals surface area contributed by atoms with E-state index in [4.69, 9.17) is 0 Å². The van der Waals surface area contributed by atoms with Gasteiger partial charge in [-0.15, -0.1) is 0 Å². The molecule has 7 heteroatoms. The van der Waals surface area contributed by atoms with E-state index < -0.39 is 4.92 Å². The van der Waals surface area contributed by atoms with Crippen LogP contribution in [-0.4, -0.2) is 15.1 Å². The highest BCUT2D eigenvalue weighted by atomic mass is 79.9. The number of alkyl halides is 1. The lowest BCUT2D eigenvalue weighted by molar-refractivity contribution is -0.385. The third-order valence-electron chi connectivity index (χ3n) is 2.05. The van der Waals surface area contributed by atoms with Gasteiger partial charge >= 0.3 is 0 Å². The van der Waals surface area contributed by atoms with Crippen molar-refractivity contribution in [3.63, 3.8) is 0 Å². The van der Waals surface area contributed by atoms with Crippen LogP contribution in [0, 0.1) is 10.1 Å². The van der Waals surface area contributed by atoms with E-state index in [0.29, 0.717) is 16.4 Å². The summed E-state index contributed by atoms with van der Waals surface area (Å²) in [4.78, 5) is 10.4. The van der Waals surface area contributed by atoms with E-state index in [1.54, 1.807) is 6.07 Å². The predicted octanol–water partition coefficient (Wildman–Crippen LogP) is 3.13. The van der Waals surface area contributed by atoms with Crippen LogP contribution in [0.15, 0.2) is 16.7 Å². The van der Waals surface area contributed by atoms with Crippen molar-refractivity contribution in [3.05, 3.63) is 32.4 Å². The summed E-state index contributed by atoms with van der Waals surface area (Å²) in [5.74, 6) is 0. The lowest BCUT2D eigenvalue weighted by atomic mass is 10.1. The summed E-state index contributed by atoms with van der Waals surface area (Å²) >= 11 is 6.51. The molecule has 0 radical (unpaired) electrons. The molecule has 0 saturated heterocycles. The van der Waals surface area contributed by atoms with Crippen LogP contribution in [0.3, 0.4) is 0 Å². The number of nitro groups is 1. The molecule has 1 heterocycles. The van der Waals surface area contributed by atoms with Crippen LogP contribution in [0.4, 0.5) is 5.69 Å². The molecule has 0 aliphatic rings. The number of hydrogen-bond acceptors (Lipinski definition) is 3. The number of halogens is 2. The Balaban J connectivity index is 2.76. The molecule has 0 atom stereocenters. The number of nitro benzene ring substituents is 1. The van der Waals surface area contributed by atoms with E-state index in [2.05, 4.69) is 42.1 Å². The van der Waals surface area contributed by atoms with Crippen LogP contribution in [0.2, 0.25) is 0 Å². The maximum Gasteiger partial charge on any atom is 0.275 e. The Bertz CT molecular complexity index is 538. The first kappa shape index (κ1) is 10.6. The van der Waals surface area contributed by atoms with Gasteiger partial charge in [-0.05, 0) is 22.0 Å². The van der Waals surface area contributed by atoms with Gasteiger partial charge in [-0.3, -0.25) is 15.2 Å². The summed E-state index contributed by atoms with van der Waals surface area (Å²) in [7, 11) is 0. The molecule has 1 N–H and O–H groups in total. The largest absolute Gasteiger partial charge is 0.275 e. The van der Waals surface area contributed by atoms with E-state index in [0.717, 1.165) is 9.99 Å². The molecule has 0 saturated carbocycles. The molecule has 1 aromatic carbocycles. The Labute approximate surface area is 101 Å². The second kappa shape index (κ2) is 3.90. The number of aromatic nitrogens is 2. The summed E-state index contributed by atoms with van der Waals surface area (Å²) in [6.07, 6.45) is 0. The average Bonchev–Trinajstić information content (AvgIpc) is 2.58. The fourth-order valence-corrected chi connectivity index (χ4v) is 2.19. The van der Waals surface area contributed by atoms with Crippen molar-refractivity contribution in [3.8, 4) is 0 Å². The molecule has 0 spiro atoms. The van der Waals surface area contributed by atoms with Crippen molar-refractivity contribution in [1.29, 1.82) is 0 Å². The lowest BCUT2D eigenvalue weighted by Crippen LogP contribution is -1.93. The highest BCUT2D eigenvalue weighted by Crippen LogP contribution is 2.29. The molecule has 0 unspecified atom stereocenters. The third kappa shape index (κ3) is 1.76. The Kier molecular flexibility index (Phi) is 2.74. The second-order valence-electron chi connectivity index (χ2n) is 2.93. The predicted molar refractivity (Wildman–Crippen MR) is 63.1 cm³/mol. The molecular formula is C8H5Br2N3O2. The summed E-state index contributed by atoms with van der Waals surface area (Å²) in [6.45, 7) is 0. The molecule has 5 nitrogen and oxygen atoms in total.